The van der Waals surface area contributed by atoms with Crippen LogP contribution < -0.4 is 5.32 Å². The third-order valence-corrected chi connectivity index (χ3v) is 3.61. The second-order valence-electron chi connectivity index (χ2n) is 5.18. The topological polar surface area (TPSA) is 18.5 Å². The fourth-order valence-corrected chi connectivity index (χ4v) is 2.23. The van der Waals surface area contributed by atoms with Crippen LogP contribution in [0.5, 0.6) is 0 Å². The monoisotopic (exact) mass is 287 g/mol. The van der Waals surface area contributed by atoms with Gasteiger partial charge in [0.2, 0.25) is 0 Å². The molecule has 1 aromatic rings. The molecule has 0 atom stereocenters. The van der Waals surface area contributed by atoms with Crippen molar-refractivity contribution >= 4 is 0 Å². The second-order valence-corrected chi connectivity index (χ2v) is 5.18. The Morgan fingerprint density at radius 3 is 2.35 bits per heavy atom. The van der Waals surface area contributed by atoms with Crippen LogP contribution in [-0.2, 0) is 6.54 Å². The van der Waals surface area contributed by atoms with Gasteiger partial charge in [0, 0.05) is 57.4 Å². The molecule has 0 saturated carbocycles. The summed E-state index contributed by atoms with van der Waals surface area (Å²) < 4.78 is 39.2. The van der Waals surface area contributed by atoms with E-state index in [-0.39, 0.29) is 12.1 Å². The van der Waals surface area contributed by atoms with Crippen LogP contribution >= 0.6 is 0 Å². The Labute approximate surface area is 117 Å². The lowest BCUT2D eigenvalue weighted by molar-refractivity contribution is 0.154. The Morgan fingerprint density at radius 2 is 1.65 bits per heavy atom. The molecule has 20 heavy (non-hydrogen) atoms. The van der Waals surface area contributed by atoms with Gasteiger partial charge in [-0.1, -0.05) is 0 Å². The van der Waals surface area contributed by atoms with E-state index in [1.54, 1.807) is 0 Å². The highest BCUT2D eigenvalue weighted by Gasteiger charge is 2.13. The van der Waals surface area contributed by atoms with Crippen molar-refractivity contribution < 1.29 is 13.2 Å². The minimum atomic E-state index is -1.15. The van der Waals surface area contributed by atoms with Gasteiger partial charge >= 0.3 is 0 Å². The largest absolute Gasteiger partial charge is 0.311 e. The van der Waals surface area contributed by atoms with Crippen LogP contribution in [0.2, 0.25) is 0 Å². The highest BCUT2D eigenvalue weighted by molar-refractivity contribution is 5.19. The fraction of sp³-hybridized carbons (Fsp3) is 0.571. The molecule has 112 valence electrons. The second kappa shape index (κ2) is 7.06. The Morgan fingerprint density at radius 1 is 1.00 bits per heavy atom. The molecule has 1 heterocycles. The summed E-state index contributed by atoms with van der Waals surface area (Å²) in [7, 11) is 2.10. The summed E-state index contributed by atoms with van der Waals surface area (Å²) in [5.41, 5.74) is 0.155. The SMILES string of the molecule is CN1CCN(CCNCc2cc(F)c(F)cc2F)CC1. The molecule has 1 saturated heterocycles. The number of halogens is 3. The molecule has 1 N–H and O–H groups in total. The van der Waals surface area contributed by atoms with Crippen molar-refractivity contribution in [3.8, 4) is 0 Å². The van der Waals surface area contributed by atoms with E-state index in [0.717, 1.165) is 38.8 Å². The van der Waals surface area contributed by atoms with Gasteiger partial charge in [0.25, 0.3) is 0 Å². The molecule has 0 aromatic heterocycles. The Bertz CT molecular complexity index is 446. The zero-order valence-corrected chi connectivity index (χ0v) is 11.6. The number of nitrogens with zero attached hydrogens (tertiary/aromatic N) is 2. The summed E-state index contributed by atoms with van der Waals surface area (Å²) in [5.74, 6) is -2.87. The van der Waals surface area contributed by atoms with Crippen molar-refractivity contribution in [2.45, 2.75) is 6.54 Å². The molecule has 0 radical (unpaired) electrons. The highest BCUT2D eigenvalue weighted by Crippen LogP contribution is 2.13. The van der Waals surface area contributed by atoms with Crippen LogP contribution in [0.3, 0.4) is 0 Å². The van der Waals surface area contributed by atoms with Gasteiger partial charge in [-0.2, -0.15) is 0 Å². The van der Waals surface area contributed by atoms with E-state index in [9.17, 15) is 13.2 Å². The summed E-state index contributed by atoms with van der Waals surface area (Å²) in [5, 5.41) is 3.06. The zero-order chi connectivity index (χ0) is 14.5. The molecule has 0 unspecified atom stereocenters. The lowest BCUT2D eigenvalue weighted by Gasteiger charge is -2.32. The van der Waals surface area contributed by atoms with E-state index in [1.807, 2.05) is 0 Å². The molecule has 6 heteroatoms. The number of piperazine rings is 1. The first-order valence-electron chi connectivity index (χ1n) is 6.81. The van der Waals surface area contributed by atoms with Gasteiger partial charge < -0.3 is 10.2 Å². The Balaban J connectivity index is 1.72. The number of benzene rings is 1. The summed E-state index contributed by atoms with van der Waals surface area (Å²) in [6.45, 7) is 5.93. The van der Waals surface area contributed by atoms with Crippen LogP contribution in [0.15, 0.2) is 12.1 Å². The Kier molecular flexibility index (Phi) is 5.39. The van der Waals surface area contributed by atoms with Crippen molar-refractivity contribution in [1.82, 2.24) is 15.1 Å². The number of hydrogen-bond donors (Lipinski definition) is 1. The fourth-order valence-electron chi connectivity index (χ4n) is 2.23. The van der Waals surface area contributed by atoms with Gasteiger partial charge in [-0.05, 0) is 13.1 Å². The molecule has 0 bridgehead atoms. The standard InChI is InChI=1S/C14H20F3N3/c1-19-4-6-20(7-5-19)3-2-18-10-11-8-13(16)14(17)9-12(11)15/h8-9,18H,2-7,10H2,1H3. The first-order chi connectivity index (χ1) is 9.56. The van der Waals surface area contributed by atoms with E-state index in [4.69, 9.17) is 0 Å². The lowest BCUT2D eigenvalue weighted by atomic mass is 10.2. The molecule has 2 rings (SSSR count). The van der Waals surface area contributed by atoms with E-state index < -0.39 is 17.5 Å². The quantitative estimate of drug-likeness (QED) is 0.653. The summed E-state index contributed by atoms with van der Waals surface area (Å²) >= 11 is 0. The molecular formula is C14H20F3N3. The van der Waals surface area contributed by atoms with Crippen LogP contribution in [0.25, 0.3) is 0 Å². The van der Waals surface area contributed by atoms with Crippen molar-refractivity contribution in [3.05, 3.63) is 35.1 Å². The Hall–Kier alpha value is -1.11. The van der Waals surface area contributed by atoms with Gasteiger partial charge in [-0.3, -0.25) is 4.90 Å². The zero-order valence-electron chi connectivity index (χ0n) is 11.6. The van der Waals surface area contributed by atoms with Gasteiger partial charge in [-0.25, -0.2) is 13.2 Å². The van der Waals surface area contributed by atoms with Crippen molar-refractivity contribution in [1.29, 1.82) is 0 Å². The highest BCUT2D eigenvalue weighted by atomic mass is 19.2. The smallest absolute Gasteiger partial charge is 0.161 e. The van der Waals surface area contributed by atoms with E-state index in [2.05, 4.69) is 22.2 Å². The van der Waals surface area contributed by atoms with E-state index in [0.29, 0.717) is 12.6 Å². The number of rotatable bonds is 5. The summed E-state index contributed by atoms with van der Waals surface area (Å²) in [6.07, 6.45) is 0. The van der Waals surface area contributed by atoms with Gasteiger partial charge in [0.15, 0.2) is 11.6 Å². The lowest BCUT2D eigenvalue weighted by Crippen LogP contribution is -2.46. The number of hydrogen-bond acceptors (Lipinski definition) is 3. The molecule has 1 fully saturated rings. The molecule has 1 aromatic carbocycles. The van der Waals surface area contributed by atoms with Gasteiger partial charge in [0.05, 0.1) is 0 Å². The van der Waals surface area contributed by atoms with Crippen LogP contribution in [0.1, 0.15) is 5.56 Å². The molecule has 0 spiro atoms. The minimum absolute atomic E-state index is 0.155. The minimum Gasteiger partial charge on any atom is -0.311 e. The predicted molar refractivity (Wildman–Crippen MR) is 72.0 cm³/mol. The van der Waals surface area contributed by atoms with E-state index in [1.165, 1.54) is 0 Å². The number of nitrogens with one attached hydrogen (secondary N) is 1. The maximum Gasteiger partial charge on any atom is 0.161 e. The average molecular weight is 287 g/mol. The van der Waals surface area contributed by atoms with Crippen molar-refractivity contribution in [2.75, 3.05) is 46.3 Å². The molecular weight excluding hydrogens is 267 g/mol. The van der Waals surface area contributed by atoms with Gasteiger partial charge in [-0.15, -0.1) is 0 Å². The van der Waals surface area contributed by atoms with Crippen LogP contribution in [0.4, 0.5) is 13.2 Å². The summed E-state index contributed by atoms with van der Waals surface area (Å²) in [6, 6.07) is 1.50. The molecule has 1 aliphatic rings. The molecule has 0 aliphatic carbocycles. The van der Waals surface area contributed by atoms with E-state index >= 15 is 0 Å². The maximum atomic E-state index is 13.4. The van der Waals surface area contributed by atoms with Crippen LogP contribution in [0, 0.1) is 17.5 Å². The maximum absolute atomic E-state index is 13.4. The van der Waals surface area contributed by atoms with Crippen molar-refractivity contribution in [2.24, 2.45) is 0 Å². The normalized spacial score (nSPS) is 17.6. The molecule has 3 nitrogen and oxygen atoms in total. The van der Waals surface area contributed by atoms with Crippen molar-refractivity contribution in [3.63, 3.8) is 0 Å². The molecule has 0 amide bonds. The average Bonchev–Trinajstić information content (AvgIpc) is 2.42. The molecule has 1 aliphatic heterocycles. The third kappa shape index (κ3) is 4.19. The van der Waals surface area contributed by atoms with Crippen LogP contribution in [-0.4, -0.2) is 56.1 Å². The first-order valence-corrected chi connectivity index (χ1v) is 6.81. The first kappa shape index (κ1) is 15.3. The third-order valence-electron chi connectivity index (χ3n) is 3.61. The number of likely N-dealkylation sites (N-methyl/N-ethyl adjacent to an activating group) is 1. The summed E-state index contributed by atoms with van der Waals surface area (Å²) in [4.78, 5) is 4.61. The van der Waals surface area contributed by atoms with Gasteiger partial charge in [0.1, 0.15) is 5.82 Å². The predicted octanol–water partition coefficient (Wildman–Crippen LogP) is 1.44.